The van der Waals surface area contributed by atoms with Crippen LogP contribution >= 0.6 is 11.8 Å². The molecular formula is C11H15NO2S. The van der Waals surface area contributed by atoms with Crippen molar-refractivity contribution in [3.63, 3.8) is 0 Å². The summed E-state index contributed by atoms with van der Waals surface area (Å²) in [6.45, 7) is 2.03. The SMILES string of the molecule is CNC(CSc1ccccc1C)C(=O)O. The lowest BCUT2D eigenvalue weighted by atomic mass is 10.2. The standard InChI is InChI=1S/C11H15NO2S/c1-8-5-3-4-6-10(8)15-7-9(12-2)11(13)14/h3-6,9,12H,7H2,1-2H3,(H,13,14). The summed E-state index contributed by atoms with van der Waals surface area (Å²) < 4.78 is 0. The predicted octanol–water partition coefficient (Wildman–Crippen LogP) is 1.76. The lowest BCUT2D eigenvalue weighted by molar-refractivity contribution is -0.138. The molecule has 1 rings (SSSR count). The molecule has 3 nitrogen and oxygen atoms in total. The first-order valence-electron chi connectivity index (χ1n) is 4.73. The Balaban J connectivity index is 2.56. The van der Waals surface area contributed by atoms with Crippen molar-refractivity contribution in [1.82, 2.24) is 5.32 Å². The van der Waals surface area contributed by atoms with Gasteiger partial charge in [-0.3, -0.25) is 4.79 Å². The molecule has 1 unspecified atom stereocenters. The van der Waals surface area contributed by atoms with Crippen LogP contribution in [0.3, 0.4) is 0 Å². The largest absolute Gasteiger partial charge is 0.480 e. The number of carboxylic acid groups (broad SMARTS) is 1. The maximum atomic E-state index is 10.8. The minimum Gasteiger partial charge on any atom is -0.480 e. The van der Waals surface area contributed by atoms with E-state index in [0.717, 1.165) is 4.90 Å². The van der Waals surface area contributed by atoms with Crippen molar-refractivity contribution >= 4 is 17.7 Å². The molecule has 82 valence electrons. The minimum absolute atomic E-state index is 0.491. The molecule has 0 radical (unpaired) electrons. The van der Waals surface area contributed by atoms with E-state index in [1.54, 1.807) is 18.8 Å². The maximum absolute atomic E-state index is 10.8. The van der Waals surface area contributed by atoms with Crippen LogP contribution in [0.2, 0.25) is 0 Å². The smallest absolute Gasteiger partial charge is 0.321 e. The number of benzene rings is 1. The number of carboxylic acids is 1. The molecule has 1 atom stereocenters. The molecule has 0 heterocycles. The van der Waals surface area contributed by atoms with Crippen molar-refractivity contribution in [2.75, 3.05) is 12.8 Å². The molecule has 1 aromatic carbocycles. The fourth-order valence-corrected chi connectivity index (χ4v) is 2.30. The Hall–Kier alpha value is -1.00. The summed E-state index contributed by atoms with van der Waals surface area (Å²) in [6, 6.07) is 7.48. The molecule has 2 N–H and O–H groups in total. The van der Waals surface area contributed by atoms with Gasteiger partial charge < -0.3 is 10.4 Å². The van der Waals surface area contributed by atoms with Crippen LogP contribution in [0.5, 0.6) is 0 Å². The number of aliphatic carboxylic acids is 1. The van der Waals surface area contributed by atoms with Crippen molar-refractivity contribution in [3.05, 3.63) is 29.8 Å². The number of aryl methyl sites for hydroxylation is 1. The second kappa shape index (κ2) is 5.78. The van der Waals surface area contributed by atoms with E-state index in [9.17, 15) is 4.79 Å². The number of hydrogen-bond acceptors (Lipinski definition) is 3. The summed E-state index contributed by atoms with van der Waals surface area (Å²) in [5.74, 6) is -0.268. The van der Waals surface area contributed by atoms with Crippen molar-refractivity contribution in [2.24, 2.45) is 0 Å². The van der Waals surface area contributed by atoms with Crippen LogP contribution in [0.1, 0.15) is 5.56 Å². The molecule has 1 aromatic rings. The van der Waals surface area contributed by atoms with Crippen LogP contribution < -0.4 is 5.32 Å². The molecule has 0 aliphatic heterocycles. The normalized spacial score (nSPS) is 12.4. The van der Waals surface area contributed by atoms with E-state index in [4.69, 9.17) is 5.11 Å². The van der Waals surface area contributed by atoms with E-state index in [2.05, 4.69) is 5.32 Å². The molecule has 15 heavy (non-hydrogen) atoms. The lowest BCUT2D eigenvalue weighted by Gasteiger charge is -2.11. The highest BCUT2D eigenvalue weighted by molar-refractivity contribution is 7.99. The molecule has 4 heteroatoms. The quantitative estimate of drug-likeness (QED) is 0.750. The van der Waals surface area contributed by atoms with Crippen LogP contribution in [-0.2, 0) is 4.79 Å². The minimum atomic E-state index is -0.807. The van der Waals surface area contributed by atoms with Gasteiger partial charge in [-0.05, 0) is 25.6 Å². The Kier molecular flexibility index (Phi) is 4.65. The van der Waals surface area contributed by atoms with Crippen molar-refractivity contribution in [1.29, 1.82) is 0 Å². The molecule has 0 spiro atoms. The zero-order valence-corrected chi connectivity index (χ0v) is 9.67. The number of hydrogen-bond donors (Lipinski definition) is 2. The molecule has 0 amide bonds. The fraction of sp³-hybridized carbons (Fsp3) is 0.364. The van der Waals surface area contributed by atoms with Gasteiger partial charge in [0.1, 0.15) is 6.04 Å². The molecule has 0 saturated heterocycles. The Morgan fingerprint density at radius 1 is 1.53 bits per heavy atom. The highest BCUT2D eigenvalue weighted by Gasteiger charge is 2.14. The van der Waals surface area contributed by atoms with Crippen LogP contribution in [0.4, 0.5) is 0 Å². The number of thioether (sulfide) groups is 1. The van der Waals surface area contributed by atoms with Gasteiger partial charge in [-0.2, -0.15) is 0 Å². The van der Waals surface area contributed by atoms with Gasteiger partial charge in [0.2, 0.25) is 0 Å². The van der Waals surface area contributed by atoms with Gasteiger partial charge in [0.05, 0.1) is 0 Å². The Morgan fingerprint density at radius 3 is 2.73 bits per heavy atom. The first-order chi connectivity index (χ1) is 7.15. The van der Waals surface area contributed by atoms with E-state index in [-0.39, 0.29) is 0 Å². The van der Waals surface area contributed by atoms with E-state index in [1.807, 2.05) is 31.2 Å². The molecule has 0 bridgehead atoms. The van der Waals surface area contributed by atoms with Gasteiger partial charge in [-0.15, -0.1) is 11.8 Å². The highest BCUT2D eigenvalue weighted by Crippen LogP contribution is 2.22. The Labute approximate surface area is 93.9 Å². The third-order valence-corrected chi connectivity index (χ3v) is 3.41. The molecular weight excluding hydrogens is 210 g/mol. The molecule has 0 aliphatic carbocycles. The average molecular weight is 225 g/mol. The van der Waals surface area contributed by atoms with Crippen LogP contribution in [0.15, 0.2) is 29.2 Å². The zero-order valence-electron chi connectivity index (χ0n) is 8.86. The summed E-state index contributed by atoms with van der Waals surface area (Å²) in [5, 5.41) is 11.6. The summed E-state index contributed by atoms with van der Waals surface area (Å²) >= 11 is 1.56. The monoisotopic (exact) mass is 225 g/mol. The summed E-state index contributed by atoms with van der Waals surface area (Å²) in [7, 11) is 1.66. The number of carbonyl (C=O) groups is 1. The summed E-state index contributed by atoms with van der Waals surface area (Å²) in [4.78, 5) is 11.9. The zero-order chi connectivity index (χ0) is 11.3. The molecule has 0 aliphatic rings. The van der Waals surface area contributed by atoms with E-state index >= 15 is 0 Å². The summed E-state index contributed by atoms with van der Waals surface area (Å²) in [6.07, 6.45) is 0. The van der Waals surface area contributed by atoms with Gasteiger partial charge in [0, 0.05) is 10.6 Å². The van der Waals surface area contributed by atoms with E-state index in [1.165, 1.54) is 5.56 Å². The van der Waals surface area contributed by atoms with Crippen LogP contribution in [0, 0.1) is 6.92 Å². The molecule has 0 fully saturated rings. The van der Waals surface area contributed by atoms with E-state index in [0.29, 0.717) is 5.75 Å². The van der Waals surface area contributed by atoms with Crippen molar-refractivity contribution in [2.45, 2.75) is 17.9 Å². The second-order valence-corrected chi connectivity index (χ2v) is 4.32. The average Bonchev–Trinajstić information content (AvgIpc) is 2.21. The Morgan fingerprint density at radius 2 is 2.20 bits per heavy atom. The Bertz CT molecular complexity index is 341. The molecule has 0 aromatic heterocycles. The van der Waals surface area contributed by atoms with Crippen molar-refractivity contribution in [3.8, 4) is 0 Å². The first kappa shape index (κ1) is 12.1. The third kappa shape index (κ3) is 3.57. The van der Waals surface area contributed by atoms with Gasteiger partial charge in [0.15, 0.2) is 0 Å². The second-order valence-electron chi connectivity index (χ2n) is 3.26. The first-order valence-corrected chi connectivity index (χ1v) is 5.72. The van der Waals surface area contributed by atoms with Crippen LogP contribution in [-0.4, -0.2) is 29.9 Å². The topological polar surface area (TPSA) is 49.3 Å². The fourth-order valence-electron chi connectivity index (χ4n) is 1.17. The van der Waals surface area contributed by atoms with Crippen LogP contribution in [0.25, 0.3) is 0 Å². The number of rotatable bonds is 5. The summed E-state index contributed by atoms with van der Waals surface area (Å²) in [5.41, 5.74) is 1.18. The number of nitrogens with one attached hydrogen (secondary N) is 1. The van der Waals surface area contributed by atoms with Gasteiger partial charge in [0.25, 0.3) is 0 Å². The molecule has 0 saturated carbocycles. The van der Waals surface area contributed by atoms with Crippen molar-refractivity contribution < 1.29 is 9.90 Å². The lowest BCUT2D eigenvalue weighted by Crippen LogP contribution is -2.35. The maximum Gasteiger partial charge on any atom is 0.321 e. The number of likely N-dealkylation sites (N-methyl/N-ethyl adjacent to an activating group) is 1. The third-order valence-electron chi connectivity index (χ3n) is 2.15. The van der Waals surface area contributed by atoms with Gasteiger partial charge >= 0.3 is 5.97 Å². The van der Waals surface area contributed by atoms with E-state index < -0.39 is 12.0 Å². The predicted molar refractivity (Wildman–Crippen MR) is 62.4 cm³/mol. The van der Waals surface area contributed by atoms with Gasteiger partial charge in [-0.1, -0.05) is 18.2 Å². The van der Waals surface area contributed by atoms with Gasteiger partial charge in [-0.25, -0.2) is 0 Å². The highest BCUT2D eigenvalue weighted by atomic mass is 32.2.